The molecule has 0 atom stereocenters. The molecule has 2 aliphatic heterocycles. The van der Waals surface area contributed by atoms with Gasteiger partial charge in [0.05, 0.1) is 11.3 Å². The molecule has 0 saturated carbocycles. The highest BCUT2D eigenvalue weighted by Crippen LogP contribution is 2.37. The number of carbonyl (C=O) groups excluding carboxylic acids is 2. The van der Waals surface area contributed by atoms with Crippen LogP contribution >= 0.6 is 11.3 Å². The van der Waals surface area contributed by atoms with E-state index in [-0.39, 0.29) is 11.8 Å². The van der Waals surface area contributed by atoms with E-state index in [0.717, 1.165) is 43.2 Å². The molecule has 0 aliphatic carbocycles. The third-order valence-corrected chi connectivity index (χ3v) is 7.01. The van der Waals surface area contributed by atoms with E-state index in [1.807, 2.05) is 54.8 Å². The molecule has 2 aliphatic rings. The minimum atomic E-state index is -0.228. The van der Waals surface area contributed by atoms with Gasteiger partial charge in [-0.2, -0.15) is 0 Å². The van der Waals surface area contributed by atoms with E-state index in [9.17, 15) is 9.59 Å². The van der Waals surface area contributed by atoms with Crippen molar-refractivity contribution in [2.75, 3.05) is 31.1 Å². The van der Waals surface area contributed by atoms with Crippen molar-refractivity contribution in [1.29, 1.82) is 0 Å². The van der Waals surface area contributed by atoms with Crippen molar-refractivity contribution in [2.45, 2.75) is 13.5 Å². The summed E-state index contributed by atoms with van der Waals surface area (Å²) in [5.41, 5.74) is 3.94. The summed E-state index contributed by atoms with van der Waals surface area (Å²) in [6, 6.07) is 21.9. The molecule has 6 heteroatoms. The van der Waals surface area contributed by atoms with Crippen LogP contribution in [0, 0.1) is 6.92 Å². The van der Waals surface area contributed by atoms with Crippen LogP contribution in [-0.2, 0) is 16.1 Å². The maximum Gasteiger partial charge on any atom is 0.282 e. The molecule has 0 bridgehead atoms. The van der Waals surface area contributed by atoms with Gasteiger partial charge in [-0.05, 0) is 35.6 Å². The van der Waals surface area contributed by atoms with Crippen LogP contribution < -0.4 is 4.90 Å². The summed E-state index contributed by atoms with van der Waals surface area (Å²) in [7, 11) is 0. The molecule has 0 N–H and O–H groups in total. The Morgan fingerprint density at radius 2 is 1.53 bits per heavy atom. The minimum absolute atomic E-state index is 0.218. The standard InChI is InChI=1S/C26H25N3O2S/c1-19-8-5-6-11-21(19)29-25(30)23(22-12-7-17-32-22)24(26(29)31)28-15-13-27(14-16-28)18-20-9-3-2-4-10-20/h2-12,17H,13-16,18H2,1H3. The molecule has 162 valence electrons. The van der Waals surface area contributed by atoms with Gasteiger partial charge in [0.2, 0.25) is 0 Å². The van der Waals surface area contributed by atoms with Crippen LogP contribution in [0.4, 0.5) is 5.69 Å². The van der Waals surface area contributed by atoms with Crippen molar-refractivity contribution in [2.24, 2.45) is 0 Å². The highest BCUT2D eigenvalue weighted by molar-refractivity contribution is 7.11. The number of amides is 2. The number of carbonyl (C=O) groups is 2. The summed E-state index contributed by atoms with van der Waals surface area (Å²) in [6.45, 7) is 5.97. The molecule has 0 spiro atoms. The van der Waals surface area contributed by atoms with E-state index in [4.69, 9.17) is 0 Å². The Morgan fingerprint density at radius 3 is 2.22 bits per heavy atom. The molecular formula is C26H25N3O2S. The first-order valence-electron chi connectivity index (χ1n) is 10.9. The Balaban J connectivity index is 1.42. The SMILES string of the molecule is Cc1ccccc1N1C(=O)C(c2cccs2)=C(N2CCN(Cc3ccccc3)CC2)C1=O. The molecule has 3 heterocycles. The van der Waals surface area contributed by atoms with Crippen molar-refractivity contribution in [3.63, 3.8) is 0 Å². The third kappa shape index (κ3) is 3.76. The number of hydrogen-bond donors (Lipinski definition) is 0. The van der Waals surface area contributed by atoms with Crippen molar-refractivity contribution < 1.29 is 9.59 Å². The maximum absolute atomic E-state index is 13.6. The van der Waals surface area contributed by atoms with E-state index in [1.165, 1.54) is 21.8 Å². The zero-order valence-corrected chi connectivity index (χ0v) is 18.8. The number of nitrogens with zero attached hydrogens (tertiary/aromatic N) is 3. The molecule has 1 aromatic heterocycles. The van der Waals surface area contributed by atoms with E-state index < -0.39 is 0 Å². The number of para-hydroxylation sites is 1. The molecule has 2 amide bonds. The second-order valence-corrected chi connectivity index (χ2v) is 9.13. The van der Waals surface area contributed by atoms with Gasteiger partial charge in [0.15, 0.2) is 0 Å². The zero-order chi connectivity index (χ0) is 22.1. The van der Waals surface area contributed by atoms with E-state index in [0.29, 0.717) is 17.0 Å². The summed E-state index contributed by atoms with van der Waals surface area (Å²) in [4.78, 5) is 33.9. The van der Waals surface area contributed by atoms with Crippen LogP contribution in [0.2, 0.25) is 0 Å². The lowest BCUT2D eigenvalue weighted by atomic mass is 10.1. The average molecular weight is 444 g/mol. The fourth-order valence-corrected chi connectivity index (χ4v) is 5.22. The number of aryl methyl sites for hydroxylation is 1. The molecule has 32 heavy (non-hydrogen) atoms. The number of rotatable bonds is 5. The number of hydrogen-bond acceptors (Lipinski definition) is 5. The normalized spacial score (nSPS) is 17.5. The topological polar surface area (TPSA) is 43.9 Å². The quantitative estimate of drug-likeness (QED) is 0.556. The van der Waals surface area contributed by atoms with Crippen LogP contribution in [0.25, 0.3) is 5.57 Å². The van der Waals surface area contributed by atoms with Gasteiger partial charge in [0.25, 0.3) is 11.8 Å². The Labute approximate surface area is 192 Å². The number of thiophene rings is 1. The van der Waals surface area contributed by atoms with Crippen LogP contribution in [0.1, 0.15) is 16.0 Å². The van der Waals surface area contributed by atoms with Crippen molar-refractivity contribution in [3.05, 3.63) is 93.8 Å². The highest BCUT2D eigenvalue weighted by atomic mass is 32.1. The van der Waals surface area contributed by atoms with E-state index in [1.54, 1.807) is 0 Å². The monoisotopic (exact) mass is 443 g/mol. The first-order valence-corrected chi connectivity index (χ1v) is 11.8. The summed E-state index contributed by atoms with van der Waals surface area (Å²) in [6.07, 6.45) is 0. The van der Waals surface area contributed by atoms with Gasteiger partial charge in [0.1, 0.15) is 5.70 Å². The van der Waals surface area contributed by atoms with Crippen molar-refractivity contribution in [3.8, 4) is 0 Å². The molecular weight excluding hydrogens is 418 g/mol. The second kappa shape index (κ2) is 8.73. The Morgan fingerprint density at radius 1 is 0.812 bits per heavy atom. The van der Waals surface area contributed by atoms with Gasteiger partial charge in [-0.15, -0.1) is 11.3 Å². The van der Waals surface area contributed by atoms with Crippen LogP contribution in [0.3, 0.4) is 0 Å². The molecule has 1 saturated heterocycles. The highest BCUT2D eigenvalue weighted by Gasteiger charge is 2.43. The van der Waals surface area contributed by atoms with Gasteiger partial charge >= 0.3 is 0 Å². The molecule has 3 aromatic rings. The molecule has 2 aromatic carbocycles. The van der Waals surface area contributed by atoms with Gasteiger partial charge in [-0.1, -0.05) is 54.6 Å². The summed E-state index contributed by atoms with van der Waals surface area (Å²) >= 11 is 1.50. The molecule has 0 radical (unpaired) electrons. The lowest BCUT2D eigenvalue weighted by Gasteiger charge is -2.36. The minimum Gasteiger partial charge on any atom is -0.364 e. The smallest absolute Gasteiger partial charge is 0.282 e. The van der Waals surface area contributed by atoms with Gasteiger partial charge in [-0.25, -0.2) is 4.90 Å². The average Bonchev–Trinajstić information content (AvgIpc) is 3.42. The lowest BCUT2D eigenvalue weighted by molar-refractivity contribution is -0.120. The van der Waals surface area contributed by atoms with Crippen molar-refractivity contribution >= 4 is 34.4 Å². The Kier molecular flexibility index (Phi) is 5.64. The van der Waals surface area contributed by atoms with E-state index >= 15 is 0 Å². The number of anilines is 1. The van der Waals surface area contributed by atoms with Crippen LogP contribution in [0.5, 0.6) is 0 Å². The van der Waals surface area contributed by atoms with Crippen LogP contribution in [0.15, 0.2) is 77.8 Å². The second-order valence-electron chi connectivity index (χ2n) is 8.18. The van der Waals surface area contributed by atoms with Crippen LogP contribution in [-0.4, -0.2) is 47.8 Å². The summed E-state index contributed by atoms with van der Waals surface area (Å²) < 4.78 is 0. The zero-order valence-electron chi connectivity index (χ0n) is 18.0. The van der Waals surface area contributed by atoms with Gasteiger partial charge in [-0.3, -0.25) is 14.5 Å². The fourth-order valence-electron chi connectivity index (χ4n) is 4.46. The Hall–Kier alpha value is -3.22. The fraction of sp³-hybridized carbons (Fsp3) is 0.231. The molecule has 5 rings (SSSR count). The number of piperazine rings is 1. The molecule has 1 fully saturated rings. The van der Waals surface area contributed by atoms with Crippen molar-refractivity contribution in [1.82, 2.24) is 9.80 Å². The van der Waals surface area contributed by atoms with Gasteiger partial charge in [0, 0.05) is 37.6 Å². The summed E-state index contributed by atoms with van der Waals surface area (Å²) in [5, 5.41) is 1.95. The predicted octanol–water partition coefficient (Wildman–Crippen LogP) is 4.16. The molecule has 0 unspecified atom stereocenters. The third-order valence-electron chi connectivity index (χ3n) is 6.12. The summed E-state index contributed by atoms with van der Waals surface area (Å²) in [5.74, 6) is -0.447. The van der Waals surface area contributed by atoms with Gasteiger partial charge < -0.3 is 4.90 Å². The Bertz CT molecular complexity index is 1160. The lowest BCUT2D eigenvalue weighted by Crippen LogP contribution is -2.47. The maximum atomic E-state index is 13.6. The number of benzene rings is 2. The number of imide groups is 1. The first kappa shape index (κ1) is 20.7. The largest absolute Gasteiger partial charge is 0.364 e. The predicted molar refractivity (Wildman–Crippen MR) is 128 cm³/mol. The van der Waals surface area contributed by atoms with E-state index in [2.05, 4.69) is 34.1 Å². The first-order chi connectivity index (χ1) is 15.6. The molecule has 5 nitrogen and oxygen atoms in total.